The Balaban J connectivity index is 1.73. The van der Waals surface area contributed by atoms with E-state index in [-0.39, 0.29) is 5.91 Å². The van der Waals surface area contributed by atoms with E-state index in [1.54, 1.807) is 35.4 Å². The van der Waals surface area contributed by atoms with Crippen LogP contribution < -0.4 is 0 Å². The standard InChI is InChI=1S/C19H21N5OS/c1-13-5-10-17(14(2)11-13)24-19(20-21-22-24)26-12-15-6-8-16(9-7-15)18(25)23(3)4/h5-11H,12H2,1-4H3. The van der Waals surface area contributed by atoms with Crippen LogP contribution in [0.1, 0.15) is 27.0 Å². The number of benzene rings is 2. The molecule has 26 heavy (non-hydrogen) atoms. The summed E-state index contributed by atoms with van der Waals surface area (Å²) in [6, 6.07) is 13.8. The van der Waals surface area contributed by atoms with E-state index in [2.05, 4.69) is 41.5 Å². The van der Waals surface area contributed by atoms with Gasteiger partial charge in [-0.1, -0.05) is 41.6 Å². The van der Waals surface area contributed by atoms with Crippen LogP contribution in [0.4, 0.5) is 0 Å². The second-order valence-corrected chi connectivity index (χ2v) is 7.29. The Bertz CT molecular complexity index is 918. The van der Waals surface area contributed by atoms with Gasteiger partial charge in [0, 0.05) is 25.4 Å². The van der Waals surface area contributed by atoms with E-state index < -0.39 is 0 Å². The third-order valence-electron chi connectivity index (χ3n) is 4.00. The molecule has 0 spiro atoms. The average molecular weight is 367 g/mol. The van der Waals surface area contributed by atoms with Gasteiger partial charge in [-0.25, -0.2) is 0 Å². The molecule has 6 nitrogen and oxygen atoms in total. The van der Waals surface area contributed by atoms with Gasteiger partial charge in [-0.2, -0.15) is 4.68 Å². The molecule has 0 aliphatic rings. The topological polar surface area (TPSA) is 63.9 Å². The van der Waals surface area contributed by atoms with Crippen molar-refractivity contribution in [3.05, 3.63) is 64.7 Å². The molecule has 3 aromatic rings. The molecule has 1 heterocycles. The SMILES string of the molecule is Cc1ccc(-n2nnnc2SCc2ccc(C(=O)N(C)C)cc2)c(C)c1. The molecule has 2 aromatic carbocycles. The molecule has 1 amide bonds. The second-order valence-electron chi connectivity index (χ2n) is 6.35. The third-order valence-corrected chi connectivity index (χ3v) is 4.99. The molecule has 0 radical (unpaired) electrons. The van der Waals surface area contributed by atoms with Crippen molar-refractivity contribution in [1.82, 2.24) is 25.1 Å². The number of carbonyl (C=O) groups is 1. The van der Waals surface area contributed by atoms with Crippen LogP contribution in [0.5, 0.6) is 0 Å². The van der Waals surface area contributed by atoms with E-state index >= 15 is 0 Å². The third kappa shape index (κ3) is 3.94. The zero-order valence-electron chi connectivity index (χ0n) is 15.3. The minimum atomic E-state index is 0.00277. The summed E-state index contributed by atoms with van der Waals surface area (Å²) in [4.78, 5) is 13.5. The number of thioether (sulfide) groups is 1. The van der Waals surface area contributed by atoms with Crippen LogP contribution >= 0.6 is 11.8 Å². The van der Waals surface area contributed by atoms with Crippen molar-refractivity contribution in [1.29, 1.82) is 0 Å². The number of nitrogens with zero attached hydrogens (tertiary/aromatic N) is 5. The Kier molecular flexibility index (Phi) is 5.37. The van der Waals surface area contributed by atoms with Crippen molar-refractivity contribution in [3.63, 3.8) is 0 Å². The first-order valence-electron chi connectivity index (χ1n) is 8.25. The van der Waals surface area contributed by atoms with Gasteiger partial charge in [-0.05, 0) is 53.6 Å². The fraction of sp³-hybridized carbons (Fsp3) is 0.263. The molecule has 0 bridgehead atoms. The van der Waals surface area contributed by atoms with Gasteiger partial charge in [0.1, 0.15) is 0 Å². The predicted molar refractivity (Wildman–Crippen MR) is 103 cm³/mol. The van der Waals surface area contributed by atoms with Gasteiger partial charge in [0.2, 0.25) is 5.16 Å². The highest BCUT2D eigenvalue weighted by atomic mass is 32.2. The number of hydrogen-bond donors (Lipinski definition) is 0. The molecule has 0 unspecified atom stereocenters. The number of tetrazole rings is 1. The Morgan fingerprint density at radius 3 is 2.50 bits per heavy atom. The van der Waals surface area contributed by atoms with E-state index in [1.807, 2.05) is 30.3 Å². The molecule has 0 atom stereocenters. The van der Waals surface area contributed by atoms with Crippen LogP contribution in [0.3, 0.4) is 0 Å². The maximum atomic E-state index is 11.9. The second kappa shape index (κ2) is 7.70. The highest BCUT2D eigenvalue weighted by molar-refractivity contribution is 7.98. The summed E-state index contributed by atoms with van der Waals surface area (Å²) in [6.45, 7) is 4.12. The molecular weight excluding hydrogens is 346 g/mol. The van der Waals surface area contributed by atoms with Gasteiger partial charge in [-0.3, -0.25) is 4.79 Å². The minimum absolute atomic E-state index is 0.00277. The van der Waals surface area contributed by atoms with Crippen LogP contribution in [-0.2, 0) is 5.75 Å². The first-order chi connectivity index (χ1) is 12.5. The van der Waals surface area contributed by atoms with Gasteiger partial charge in [0.15, 0.2) is 0 Å². The van der Waals surface area contributed by atoms with E-state index in [4.69, 9.17) is 0 Å². The molecule has 0 fully saturated rings. The first-order valence-corrected chi connectivity index (χ1v) is 9.23. The van der Waals surface area contributed by atoms with Crippen LogP contribution in [0.15, 0.2) is 47.6 Å². The molecule has 134 valence electrons. The summed E-state index contributed by atoms with van der Waals surface area (Å²) in [5.74, 6) is 0.727. The number of carbonyl (C=O) groups excluding carboxylic acids is 1. The molecule has 7 heteroatoms. The summed E-state index contributed by atoms with van der Waals surface area (Å²) in [6.07, 6.45) is 0. The lowest BCUT2D eigenvalue weighted by Gasteiger charge is -2.10. The van der Waals surface area contributed by atoms with Crippen molar-refractivity contribution >= 4 is 17.7 Å². The van der Waals surface area contributed by atoms with Gasteiger partial charge < -0.3 is 4.90 Å². The number of aryl methyl sites for hydroxylation is 2. The number of amides is 1. The number of aromatic nitrogens is 4. The van der Waals surface area contributed by atoms with Crippen molar-refractivity contribution in [2.75, 3.05) is 14.1 Å². The molecule has 0 N–H and O–H groups in total. The summed E-state index contributed by atoms with van der Waals surface area (Å²) in [7, 11) is 3.50. The normalized spacial score (nSPS) is 10.8. The van der Waals surface area contributed by atoms with Crippen molar-refractivity contribution < 1.29 is 4.79 Å². The maximum absolute atomic E-state index is 11.9. The Hall–Kier alpha value is -2.67. The number of rotatable bonds is 5. The molecule has 0 saturated carbocycles. The van der Waals surface area contributed by atoms with Crippen LogP contribution in [0.2, 0.25) is 0 Å². The monoisotopic (exact) mass is 367 g/mol. The van der Waals surface area contributed by atoms with E-state index in [9.17, 15) is 4.79 Å². The predicted octanol–water partition coefficient (Wildman–Crippen LogP) is 3.27. The average Bonchev–Trinajstić information content (AvgIpc) is 3.08. The molecule has 3 rings (SSSR count). The Morgan fingerprint density at radius 2 is 1.85 bits per heavy atom. The molecular formula is C19H21N5OS. The Labute approximate surface area is 157 Å². The maximum Gasteiger partial charge on any atom is 0.253 e. The van der Waals surface area contributed by atoms with Crippen LogP contribution in [-0.4, -0.2) is 45.1 Å². The Morgan fingerprint density at radius 1 is 1.12 bits per heavy atom. The lowest BCUT2D eigenvalue weighted by atomic mass is 10.1. The molecule has 1 aromatic heterocycles. The van der Waals surface area contributed by atoms with E-state index in [0.717, 1.165) is 27.7 Å². The fourth-order valence-corrected chi connectivity index (χ4v) is 3.45. The highest BCUT2D eigenvalue weighted by Gasteiger charge is 2.12. The lowest BCUT2D eigenvalue weighted by molar-refractivity contribution is 0.0827. The van der Waals surface area contributed by atoms with Crippen LogP contribution in [0.25, 0.3) is 5.69 Å². The minimum Gasteiger partial charge on any atom is -0.345 e. The van der Waals surface area contributed by atoms with Gasteiger partial charge >= 0.3 is 0 Å². The van der Waals surface area contributed by atoms with Crippen molar-refractivity contribution in [3.8, 4) is 5.69 Å². The lowest BCUT2D eigenvalue weighted by Crippen LogP contribution is -2.21. The van der Waals surface area contributed by atoms with E-state index in [0.29, 0.717) is 5.56 Å². The summed E-state index contributed by atoms with van der Waals surface area (Å²) >= 11 is 1.57. The number of hydrogen-bond acceptors (Lipinski definition) is 5. The van der Waals surface area contributed by atoms with Crippen LogP contribution in [0, 0.1) is 13.8 Å². The quantitative estimate of drug-likeness (QED) is 0.648. The van der Waals surface area contributed by atoms with Gasteiger partial charge in [0.05, 0.1) is 5.69 Å². The summed E-state index contributed by atoms with van der Waals surface area (Å²) in [5.41, 5.74) is 5.12. The zero-order chi connectivity index (χ0) is 18.7. The first kappa shape index (κ1) is 18.1. The van der Waals surface area contributed by atoms with Gasteiger partial charge in [-0.15, -0.1) is 5.10 Å². The fourth-order valence-electron chi connectivity index (χ4n) is 2.61. The molecule has 0 aliphatic heterocycles. The van der Waals surface area contributed by atoms with Gasteiger partial charge in [0.25, 0.3) is 5.91 Å². The largest absolute Gasteiger partial charge is 0.345 e. The summed E-state index contributed by atoms with van der Waals surface area (Å²) in [5, 5.41) is 12.8. The highest BCUT2D eigenvalue weighted by Crippen LogP contribution is 2.24. The zero-order valence-corrected chi connectivity index (χ0v) is 16.1. The van der Waals surface area contributed by atoms with Crippen molar-refractivity contribution in [2.24, 2.45) is 0 Å². The van der Waals surface area contributed by atoms with Crippen molar-refractivity contribution in [2.45, 2.75) is 24.8 Å². The summed E-state index contributed by atoms with van der Waals surface area (Å²) < 4.78 is 1.77. The smallest absolute Gasteiger partial charge is 0.253 e. The van der Waals surface area contributed by atoms with E-state index in [1.165, 1.54) is 5.56 Å². The molecule has 0 saturated heterocycles. The molecule has 0 aliphatic carbocycles.